The number of hydrogen-bond acceptors (Lipinski definition) is 3. The molecule has 116 valence electrons. The average Bonchev–Trinajstić information content (AvgIpc) is 3.00. The number of aromatic nitrogens is 2. The van der Waals surface area contributed by atoms with Gasteiger partial charge in [-0.1, -0.05) is 30.3 Å². The van der Waals surface area contributed by atoms with Crippen LogP contribution in [0.1, 0.15) is 21.5 Å². The minimum Gasteiger partial charge on any atom is -0.488 e. The second-order valence-corrected chi connectivity index (χ2v) is 5.51. The largest absolute Gasteiger partial charge is 0.488 e. The second-order valence-electron chi connectivity index (χ2n) is 5.51. The van der Waals surface area contributed by atoms with Crippen LogP contribution < -0.4 is 4.74 Å². The highest BCUT2D eigenvalue weighted by molar-refractivity contribution is 5.84. The molecule has 0 saturated carbocycles. The number of aryl methyl sites for hydroxylation is 2. The Bertz CT molecular complexity index is 823. The lowest BCUT2D eigenvalue weighted by Crippen LogP contribution is -2.00. The van der Waals surface area contributed by atoms with E-state index in [1.54, 1.807) is 10.9 Å². The zero-order chi connectivity index (χ0) is 16.2. The summed E-state index contributed by atoms with van der Waals surface area (Å²) in [5.74, 6) is 0.636. The van der Waals surface area contributed by atoms with Gasteiger partial charge in [0, 0.05) is 18.8 Å². The number of hydrogen-bond donors (Lipinski definition) is 0. The summed E-state index contributed by atoms with van der Waals surface area (Å²) in [7, 11) is 1.87. The quantitative estimate of drug-likeness (QED) is 0.674. The summed E-state index contributed by atoms with van der Waals surface area (Å²) in [5, 5.41) is 4.17. The van der Waals surface area contributed by atoms with E-state index < -0.39 is 0 Å². The first kappa shape index (κ1) is 15.0. The van der Waals surface area contributed by atoms with E-state index in [2.05, 4.69) is 5.10 Å². The maximum atomic E-state index is 11.5. The van der Waals surface area contributed by atoms with Crippen LogP contribution in [0.2, 0.25) is 0 Å². The molecule has 1 heterocycles. The Morgan fingerprint density at radius 1 is 1.17 bits per heavy atom. The molecular formula is C19H18N2O2. The van der Waals surface area contributed by atoms with Gasteiger partial charge >= 0.3 is 0 Å². The molecule has 0 amide bonds. The van der Waals surface area contributed by atoms with Crippen molar-refractivity contribution in [2.24, 2.45) is 7.05 Å². The Morgan fingerprint density at radius 3 is 2.61 bits per heavy atom. The van der Waals surface area contributed by atoms with Gasteiger partial charge in [-0.15, -0.1) is 0 Å². The standard InChI is InChI=1S/C19H18N2O2/c1-14-8-16(18-10-20-21(2)11-18)9-17(12-22)19(14)23-13-15-6-4-3-5-7-15/h3-12H,13H2,1-2H3. The highest BCUT2D eigenvalue weighted by Gasteiger charge is 2.11. The fraction of sp³-hybridized carbons (Fsp3) is 0.158. The molecule has 23 heavy (non-hydrogen) atoms. The van der Waals surface area contributed by atoms with Crippen LogP contribution in [0.4, 0.5) is 0 Å². The van der Waals surface area contributed by atoms with Crippen molar-refractivity contribution >= 4 is 6.29 Å². The number of rotatable bonds is 5. The van der Waals surface area contributed by atoms with Crippen molar-refractivity contribution in [2.45, 2.75) is 13.5 Å². The van der Waals surface area contributed by atoms with Crippen LogP contribution in [0.25, 0.3) is 11.1 Å². The highest BCUT2D eigenvalue weighted by Crippen LogP contribution is 2.30. The lowest BCUT2D eigenvalue weighted by Gasteiger charge is -2.13. The Kier molecular flexibility index (Phi) is 4.24. The van der Waals surface area contributed by atoms with E-state index in [0.717, 1.165) is 28.5 Å². The van der Waals surface area contributed by atoms with Crippen molar-refractivity contribution in [1.82, 2.24) is 9.78 Å². The fourth-order valence-electron chi connectivity index (χ4n) is 2.55. The summed E-state index contributed by atoms with van der Waals surface area (Å²) in [5.41, 5.74) is 4.50. The molecule has 0 radical (unpaired) electrons. The van der Waals surface area contributed by atoms with Gasteiger partial charge in [-0.05, 0) is 35.7 Å². The SMILES string of the molecule is Cc1cc(-c2cnn(C)c2)cc(C=O)c1OCc1ccccc1. The summed E-state index contributed by atoms with van der Waals surface area (Å²) in [6.45, 7) is 2.39. The van der Waals surface area contributed by atoms with Crippen LogP contribution in [-0.2, 0) is 13.7 Å². The molecule has 0 aliphatic rings. The third-order valence-corrected chi connectivity index (χ3v) is 3.69. The van der Waals surface area contributed by atoms with Crippen molar-refractivity contribution < 1.29 is 9.53 Å². The number of ether oxygens (including phenoxy) is 1. The molecule has 3 rings (SSSR count). The van der Waals surface area contributed by atoms with Gasteiger partial charge in [0.2, 0.25) is 0 Å². The molecule has 4 heteroatoms. The van der Waals surface area contributed by atoms with Gasteiger partial charge in [0.1, 0.15) is 12.4 Å². The van der Waals surface area contributed by atoms with E-state index in [1.165, 1.54) is 0 Å². The van der Waals surface area contributed by atoms with Crippen molar-refractivity contribution in [1.29, 1.82) is 0 Å². The lowest BCUT2D eigenvalue weighted by atomic mass is 10.0. The number of benzene rings is 2. The smallest absolute Gasteiger partial charge is 0.153 e. The molecule has 4 nitrogen and oxygen atoms in total. The molecule has 0 saturated heterocycles. The molecule has 0 aliphatic carbocycles. The van der Waals surface area contributed by atoms with Gasteiger partial charge in [0.15, 0.2) is 6.29 Å². The molecule has 0 fully saturated rings. The normalized spacial score (nSPS) is 10.5. The summed E-state index contributed by atoms with van der Waals surface area (Å²) in [6.07, 6.45) is 4.55. The molecule has 0 atom stereocenters. The summed E-state index contributed by atoms with van der Waals surface area (Å²) in [4.78, 5) is 11.5. The number of nitrogens with zero attached hydrogens (tertiary/aromatic N) is 2. The molecule has 0 spiro atoms. The zero-order valence-corrected chi connectivity index (χ0v) is 13.2. The van der Waals surface area contributed by atoms with Crippen molar-refractivity contribution in [3.05, 3.63) is 71.5 Å². The minimum absolute atomic E-state index is 0.439. The highest BCUT2D eigenvalue weighted by atomic mass is 16.5. The van der Waals surface area contributed by atoms with Gasteiger partial charge < -0.3 is 4.74 Å². The van der Waals surface area contributed by atoms with Gasteiger partial charge in [-0.3, -0.25) is 9.48 Å². The second kappa shape index (κ2) is 6.48. The van der Waals surface area contributed by atoms with Crippen molar-refractivity contribution in [3.8, 4) is 16.9 Å². The molecule has 0 unspecified atom stereocenters. The van der Waals surface area contributed by atoms with Crippen LogP contribution in [0.3, 0.4) is 0 Å². The molecule has 0 aliphatic heterocycles. The molecule has 2 aromatic carbocycles. The topological polar surface area (TPSA) is 44.1 Å². The van der Waals surface area contributed by atoms with Gasteiger partial charge in [-0.2, -0.15) is 5.10 Å². The van der Waals surface area contributed by atoms with Gasteiger partial charge in [0.05, 0.1) is 11.8 Å². The fourth-order valence-corrected chi connectivity index (χ4v) is 2.55. The lowest BCUT2D eigenvalue weighted by molar-refractivity contribution is 0.111. The summed E-state index contributed by atoms with van der Waals surface area (Å²) < 4.78 is 7.63. The van der Waals surface area contributed by atoms with E-state index in [9.17, 15) is 4.79 Å². The maximum absolute atomic E-state index is 11.5. The first-order valence-electron chi connectivity index (χ1n) is 7.43. The average molecular weight is 306 g/mol. The van der Waals surface area contributed by atoms with E-state index in [4.69, 9.17) is 4.74 Å². The van der Waals surface area contributed by atoms with Crippen LogP contribution in [0.5, 0.6) is 5.75 Å². The molecule has 0 N–H and O–H groups in total. The third-order valence-electron chi connectivity index (χ3n) is 3.69. The van der Waals surface area contributed by atoms with Crippen LogP contribution in [0.15, 0.2) is 54.9 Å². The zero-order valence-electron chi connectivity index (χ0n) is 13.2. The first-order chi connectivity index (χ1) is 11.2. The predicted molar refractivity (Wildman–Crippen MR) is 89.5 cm³/mol. The third kappa shape index (κ3) is 3.31. The molecular weight excluding hydrogens is 288 g/mol. The Morgan fingerprint density at radius 2 is 1.96 bits per heavy atom. The van der Waals surface area contributed by atoms with E-state index in [0.29, 0.717) is 17.9 Å². The van der Waals surface area contributed by atoms with Crippen LogP contribution in [-0.4, -0.2) is 16.1 Å². The maximum Gasteiger partial charge on any atom is 0.153 e. The van der Waals surface area contributed by atoms with E-state index in [1.807, 2.05) is 62.6 Å². The van der Waals surface area contributed by atoms with E-state index >= 15 is 0 Å². The number of carbonyl (C=O) groups excluding carboxylic acids is 1. The van der Waals surface area contributed by atoms with Gasteiger partial charge in [-0.25, -0.2) is 0 Å². The molecule has 0 bridgehead atoms. The minimum atomic E-state index is 0.439. The first-order valence-corrected chi connectivity index (χ1v) is 7.43. The molecule has 1 aromatic heterocycles. The van der Waals surface area contributed by atoms with Crippen molar-refractivity contribution in [2.75, 3.05) is 0 Å². The number of aldehydes is 1. The van der Waals surface area contributed by atoms with Gasteiger partial charge in [0.25, 0.3) is 0 Å². The summed E-state index contributed by atoms with van der Waals surface area (Å²) in [6, 6.07) is 13.8. The predicted octanol–water partition coefficient (Wildman–Crippen LogP) is 3.79. The van der Waals surface area contributed by atoms with E-state index in [-0.39, 0.29) is 0 Å². The monoisotopic (exact) mass is 306 g/mol. The van der Waals surface area contributed by atoms with Crippen molar-refractivity contribution in [3.63, 3.8) is 0 Å². The Hall–Kier alpha value is -2.88. The van der Waals surface area contributed by atoms with Crippen LogP contribution >= 0.6 is 0 Å². The molecule has 3 aromatic rings. The number of carbonyl (C=O) groups is 1. The Balaban J connectivity index is 1.90. The summed E-state index contributed by atoms with van der Waals surface area (Å²) >= 11 is 0. The van der Waals surface area contributed by atoms with Crippen LogP contribution in [0, 0.1) is 6.92 Å². The Labute approximate surface area is 135 Å².